The van der Waals surface area contributed by atoms with Gasteiger partial charge < -0.3 is 10.4 Å². The molecular weight excluding hydrogens is 318 g/mol. The van der Waals surface area contributed by atoms with E-state index in [1.807, 2.05) is 7.05 Å². The van der Waals surface area contributed by atoms with E-state index in [1.54, 1.807) is 11.3 Å². The Morgan fingerprint density at radius 1 is 1.38 bits per heavy atom. The maximum atomic E-state index is 12.1. The Bertz CT molecular complexity index is 789. The van der Waals surface area contributed by atoms with Gasteiger partial charge in [-0.05, 0) is 67.0 Å². The Balaban J connectivity index is 2.17. The molecule has 2 aromatic rings. The molecule has 4 heteroatoms. The third-order valence-electron chi connectivity index (χ3n) is 4.92. The lowest BCUT2D eigenvalue weighted by Crippen LogP contribution is -2.22. The minimum absolute atomic E-state index is 0.179. The van der Waals surface area contributed by atoms with Crippen molar-refractivity contribution in [1.29, 1.82) is 0 Å². The number of hydrogen-bond acceptors (Lipinski definition) is 3. The van der Waals surface area contributed by atoms with E-state index in [9.17, 15) is 9.90 Å². The van der Waals surface area contributed by atoms with E-state index >= 15 is 0 Å². The predicted octanol–water partition coefficient (Wildman–Crippen LogP) is 4.66. The first-order valence-corrected chi connectivity index (χ1v) is 9.26. The Morgan fingerprint density at radius 2 is 2.12 bits per heavy atom. The number of hydrogen-bond donors (Lipinski definition) is 2. The molecule has 0 unspecified atom stereocenters. The number of aryl methyl sites for hydroxylation is 2. The van der Waals surface area contributed by atoms with Crippen molar-refractivity contribution in [2.24, 2.45) is 5.41 Å². The van der Waals surface area contributed by atoms with Crippen molar-refractivity contribution in [3.8, 4) is 10.4 Å². The minimum Gasteiger partial charge on any atom is -0.478 e. The molecule has 128 valence electrons. The molecule has 0 atom stereocenters. The van der Waals surface area contributed by atoms with Crippen LogP contribution in [0.1, 0.15) is 52.2 Å². The van der Waals surface area contributed by atoms with Gasteiger partial charge in [-0.15, -0.1) is 11.3 Å². The molecule has 0 radical (unpaired) electrons. The van der Waals surface area contributed by atoms with Crippen LogP contribution < -0.4 is 5.32 Å². The third kappa shape index (κ3) is 3.13. The number of nitrogens with one attached hydrogen (secondary N) is 1. The zero-order valence-electron chi connectivity index (χ0n) is 14.8. The van der Waals surface area contributed by atoms with Crippen LogP contribution in [0.3, 0.4) is 0 Å². The van der Waals surface area contributed by atoms with Crippen LogP contribution in [0.2, 0.25) is 0 Å². The molecule has 2 N–H and O–H groups in total. The molecule has 24 heavy (non-hydrogen) atoms. The van der Waals surface area contributed by atoms with Crippen LogP contribution >= 0.6 is 11.3 Å². The highest BCUT2D eigenvalue weighted by molar-refractivity contribution is 7.16. The summed E-state index contributed by atoms with van der Waals surface area (Å²) in [6, 6.07) is 6.34. The first-order chi connectivity index (χ1) is 11.3. The lowest BCUT2D eigenvalue weighted by Gasteiger charge is -2.29. The summed E-state index contributed by atoms with van der Waals surface area (Å²) < 4.78 is 0. The predicted molar refractivity (Wildman–Crippen MR) is 100 cm³/mol. The third-order valence-corrected chi connectivity index (χ3v) is 6.24. The number of carboxylic acid groups (broad SMARTS) is 1. The second-order valence-corrected chi connectivity index (χ2v) is 8.64. The van der Waals surface area contributed by atoms with E-state index in [-0.39, 0.29) is 5.41 Å². The highest BCUT2D eigenvalue weighted by atomic mass is 32.1. The summed E-state index contributed by atoms with van der Waals surface area (Å²) in [6.07, 6.45) is 2.97. The van der Waals surface area contributed by atoms with Crippen molar-refractivity contribution in [2.75, 3.05) is 7.05 Å². The van der Waals surface area contributed by atoms with Crippen molar-refractivity contribution in [2.45, 2.75) is 46.6 Å². The second kappa shape index (κ2) is 6.34. The lowest BCUT2D eigenvalue weighted by atomic mass is 9.76. The molecule has 0 fully saturated rings. The largest absolute Gasteiger partial charge is 0.478 e. The average Bonchev–Trinajstić information content (AvgIpc) is 2.86. The summed E-state index contributed by atoms with van der Waals surface area (Å²) in [7, 11) is 1.92. The molecule has 1 aliphatic carbocycles. The Morgan fingerprint density at radius 3 is 2.79 bits per heavy atom. The maximum Gasteiger partial charge on any atom is 0.337 e. The van der Waals surface area contributed by atoms with Crippen LogP contribution in [-0.2, 0) is 19.4 Å². The van der Waals surface area contributed by atoms with Crippen LogP contribution in [0.15, 0.2) is 18.2 Å². The van der Waals surface area contributed by atoms with E-state index < -0.39 is 5.97 Å². The van der Waals surface area contributed by atoms with E-state index in [0.29, 0.717) is 5.56 Å². The molecule has 1 heterocycles. The van der Waals surface area contributed by atoms with Crippen LogP contribution in [0.4, 0.5) is 0 Å². The van der Waals surface area contributed by atoms with Gasteiger partial charge in [0.25, 0.3) is 0 Å². The molecular formula is C20H25NO2S. The monoisotopic (exact) mass is 343 g/mol. The first-order valence-electron chi connectivity index (χ1n) is 8.45. The molecule has 0 amide bonds. The summed E-state index contributed by atoms with van der Waals surface area (Å²) in [4.78, 5) is 14.3. The number of thiophene rings is 1. The highest BCUT2D eigenvalue weighted by Crippen LogP contribution is 2.45. The van der Waals surface area contributed by atoms with E-state index in [4.69, 9.17) is 0 Å². The van der Waals surface area contributed by atoms with E-state index in [1.165, 1.54) is 10.4 Å². The van der Waals surface area contributed by atoms with E-state index in [0.717, 1.165) is 47.4 Å². The minimum atomic E-state index is -0.793. The fourth-order valence-corrected chi connectivity index (χ4v) is 4.95. The van der Waals surface area contributed by atoms with Crippen LogP contribution in [0.25, 0.3) is 10.4 Å². The fourth-order valence-electron chi connectivity index (χ4n) is 3.56. The fraction of sp³-hybridized carbons (Fsp3) is 0.450. The van der Waals surface area contributed by atoms with Crippen molar-refractivity contribution in [3.63, 3.8) is 0 Å². The van der Waals surface area contributed by atoms with Gasteiger partial charge in [0.1, 0.15) is 0 Å². The molecule has 1 aliphatic rings. The summed E-state index contributed by atoms with van der Waals surface area (Å²) in [5.41, 5.74) is 5.16. The number of carboxylic acids is 1. The number of fused-ring (bicyclic) bond motifs is 1. The van der Waals surface area contributed by atoms with Gasteiger partial charge >= 0.3 is 5.97 Å². The summed E-state index contributed by atoms with van der Waals surface area (Å²) in [5.74, 6) is -0.793. The molecule has 0 aliphatic heterocycles. The normalized spacial score (nSPS) is 16.0. The number of carbonyl (C=O) groups is 1. The quantitative estimate of drug-likeness (QED) is 0.849. The topological polar surface area (TPSA) is 49.3 Å². The van der Waals surface area contributed by atoms with Gasteiger partial charge in [0.2, 0.25) is 0 Å². The number of aromatic carboxylic acids is 1. The van der Waals surface area contributed by atoms with Gasteiger partial charge in [0.05, 0.1) is 5.56 Å². The standard InChI is InChI=1S/C20H25NO2S/c1-12-5-6-13(11-21-4)9-14(12)18-17(19(22)23)15-10-20(2,3)8-7-16(15)24-18/h5-6,9,21H,7-8,10-11H2,1-4H3,(H,22,23). The van der Waals surface area contributed by atoms with Gasteiger partial charge in [-0.3, -0.25) is 0 Å². The summed E-state index contributed by atoms with van der Waals surface area (Å²) in [5, 5.41) is 13.1. The average molecular weight is 343 g/mol. The van der Waals surface area contributed by atoms with Gasteiger partial charge in [-0.2, -0.15) is 0 Å². The van der Waals surface area contributed by atoms with Crippen LogP contribution in [0.5, 0.6) is 0 Å². The zero-order chi connectivity index (χ0) is 17.5. The molecule has 0 bridgehead atoms. The van der Waals surface area contributed by atoms with Crippen molar-refractivity contribution < 1.29 is 9.90 Å². The Hall–Kier alpha value is -1.65. The number of benzene rings is 1. The molecule has 3 rings (SSSR count). The smallest absolute Gasteiger partial charge is 0.337 e. The Kier molecular flexibility index (Phi) is 4.54. The number of rotatable bonds is 4. The van der Waals surface area contributed by atoms with Gasteiger partial charge in [-0.1, -0.05) is 26.0 Å². The van der Waals surface area contributed by atoms with Gasteiger partial charge in [0.15, 0.2) is 0 Å². The van der Waals surface area contributed by atoms with Gasteiger partial charge in [-0.25, -0.2) is 4.79 Å². The van der Waals surface area contributed by atoms with Crippen LogP contribution in [0, 0.1) is 12.3 Å². The van der Waals surface area contributed by atoms with Crippen molar-refractivity contribution in [1.82, 2.24) is 5.32 Å². The van der Waals surface area contributed by atoms with Crippen molar-refractivity contribution >= 4 is 17.3 Å². The van der Waals surface area contributed by atoms with E-state index in [2.05, 4.69) is 44.3 Å². The molecule has 0 saturated carbocycles. The Labute approximate surface area is 147 Å². The van der Waals surface area contributed by atoms with Crippen LogP contribution in [-0.4, -0.2) is 18.1 Å². The first kappa shape index (κ1) is 17.2. The lowest BCUT2D eigenvalue weighted by molar-refractivity contribution is 0.0696. The molecule has 1 aromatic heterocycles. The molecule has 0 saturated heterocycles. The van der Waals surface area contributed by atoms with Gasteiger partial charge in [0, 0.05) is 16.3 Å². The highest BCUT2D eigenvalue weighted by Gasteiger charge is 2.33. The second-order valence-electron chi connectivity index (χ2n) is 7.53. The molecule has 1 aromatic carbocycles. The molecule has 0 spiro atoms. The SMILES string of the molecule is CNCc1ccc(C)c(-c2sc3c(c2C(=O)O)CC(C)(C)CC3)c1. The summed E-state index contributed by atoms with van der Waals surface area (Å²) in [6.45, 7) is 7.32. The molecule has 3 nitrogen and oxygen atoms in total. The van der Waals surface area contributed by atoms with Crippen molar-refractivity contribution in [3.05, 3.63) is 45.3 Å². The maximum absolute atomic E-state index is 12.1. The summed E-state index contributed by atoms with van der Waals surface area (Å²) >= 11 is 1.68. The zero-order valence-corrected chi connectivity index (χ0v) is 15.6.